The quantitative estimate of drug-likeness (QED) is 0.754. The van der Waals surface area contributed by atoms with E-state index in [9.17, 15) is 0 Å². The van der Waals surface area contributed by atoms with Crippen molar-refractivity contribution in [2.45, 2.75) is 25.8 Å². The van der Waals surface area contributed by atoms with Crippen LogP contribution in [0.5, 0.6) is 0 Å². The van der Waals surface area contributed by atoms with Crippen molar-refractivity contribution in [3.63, 3.8) is 0 Å². The molecular weight excluding hydrogens is 194 g/mol. The Labute approximate surface area is 80.7 Å². The SMILES string of the molecule is CCN(c1nsnc1Cl)C1CC1. The van der Waals surface area contributed by atoms with Gasteiger partial charge in [-0.3, -0.25) is 0 Å². The first-order valence-corrected chi connectivity index (χ1v) is 5.18. The largest absolute Gasteiger partial charge is 0.350 e. The van der Waals surface area contributed by atoms with Crippen molar-refractivity contribution in [2.24, 2.45) is 0 Å². The highest BCUT2D eigenvalue weighted by Gasteiger charge is 2.30. The van der Waals surface area contributed by atoms with Crippen molar-refractivity contribution in [3.05, 3.63) is 5.15 Å². The minimum absolute atomic E-state index is 0.550. The van der Waals surface area contributed by atoms with Gasteiger partial charge in [0.2, 0.25) is 0 Å². The zero-order valence-corrected chi connectivity index (χ0v) is 8.40. The Morgan fingerprint density at radius 1 is 1.58 bits per heavy atom. The number of aromatic nitrogens is 2. The van der Waals surface area contributed by atoms with Gasteiger partial charge in [-0.2, -0.15) is 8.75 Å². The molecule has 1 heterocycles. The number of hydrogen-bond acceptors (Lipinski definition) is 4. The zero-order chi connectivity index (χ0) is 8.55. The van der Waals surface area contributed by atoms with Crippen LogP contribution < -0.4 is 4.90 Å². The van der Waals surface area contributed by atoms with E-state index in [1.54, 1.807) is 0 Å². The number of rotatable bonds is 3. The Morgan fingerprint density at radius 3 is 2.75 bits per heavy atom. The maximum atomic E-state index is 5.88. The van der Waals surface area contributed by atoms with Gasteiger partial charge >= 0.3 is 0 Å². The molecule has 1 aromatic rings. The van der Waals surface area contributed by atoms with Gasteiger partial charge in [0.1, 0.15) is 0 Å². The average molecular weight is 204 g/mol. The molecule has 1 aliphatic carbocycles. The molecule has 66 valence electrons. The van der Waals surface area contributed by atoms with Crippen molar-refractivity contribution in [3.8, 4) is 0 Å². The lowest BCUT2D eigenvalue weighted by molar-refractivity contribution is 0.815. The standard InChI is InChI=1S/C7H10ClN3S/c1-2-11(5-3-4-5)7-6(8)9-12-10-7/h5H,2-4H2,1H3. The molecular formula is C7H10ClN3S. The maximum Gasteiger partial charge on any atom is 0.187 e. The fraction of sp³-hybridized carbons (Fsp3) is 0.714. The average Bonchev–Trinajstić information content (AvgIpc) is 2.80. The minimum atomic E-state index is 0.550. The van der Waals surface area contributed by atoms with Crippen LogP contribution in [0.3, 0.4) is 0 Å². The van der Waals surface area contributed by atoms with Crippen LogP contribution in [-0.4, -0.2) is 21.3 Å². The summed E-state index contributed by atoms with van der Waals surface area (Å²) < 4.78 is 8.12. The third-order valence-electron chi connectivity index (χ3n) is 2.03. The van der Waals surface area contributed by atoms with Gasteiger partial charge in [0.05, 0.1) is 11.7 Å². The van der Waals surface area contributed by atoms with Crippen LogP contribution in [0.1, 0.15) is 19.8 Å². The monoisotopic (exact) mass is 203 g/mol. The molecule has 0 N–H and O–H groups in total. The molecule has 0 radical (unpaired) electrons. The summed E-state index contributed by atoms with van der Waals surface area (Å²) in [6.07, 6.45) is 2.53. The smallest absolute Gasteiger partial charge is 0.187 e. The van der Waals surface area contributed by atoms with Gasteiger partial charge < -0.3 is 4.90 Å². The highest BCUT2D eigenvalue weighted by molar-refractivity contribution is 6.99. The van der Waals surface area contributed by atoms with Crippen molar-refractivity contribution in [2.75, 3.05) is 11.4 Å². The third kappa shape index (κ3) is 1.41. The lowest BCUT2D eigenvalue weighted by atomic mass is 10.5. The molecule has 0 aromatic carbocycles. The number of anilines is 1. The predicted octanol–water partition coefficient (Wildman–Crippen LogP) is 2.18. The molecule has 1 aliphatic rings. The van der Waals surface area contributed by atoms with E-state index in [0.717, 1.165) is 12.4 Å². The molecule has 0 bridgehead atoms. The van der Waals surface area contributed by atoms with Gasteiger partial charge in [-0.25, -0.2) is 0 Å². The third-order valence-corrected chi connectivity index (χ3v) is 2.91. The number of hydrogen-bond donors (Lipinski definition) is 0. The Balaban J connectivity index is 2.20. The topological polar surface area (TPSA) is 29.0 Å². The molecule has 1 saturated carbocycles. The van der Waals surface area contributed by atoms with Gasteiger partial charge in [0.15, 0.2) is 11.0 Å². The van der Waals surface area contributed by atoms with Gasteiger partial charge in [0, 0.05) is 12.6 Å². The number of nitrogens with zero attached hydrogens (tertiary/aromatic N) is 3. The lowest BCUT2D eigenvalue weighted by Gasteiger charge is -2.18. The summed E-state index contributed by atoms with van der Waals surface area (Å²) in [4.78, 5) is 2.23. The van der Waals surface area contributed by atoms with E-state index in [2.05, 4.69) is 20.6 Å². The summed E-state index contributed by atoms with van der Waals surface area (Å²) in [5.41, 5.74) is 0. The van der Waals surface area contributed by atoms with Gasteiger partial charge in [-0.15, -0.1) is 0 Å². The van der Waals surface area contributed by atoms with Crippen molar-refractivity contribution < 1.29 is 0 Å². The summed E-state index contributed by atoms with van der Waals surface area (Å²) in [6.45, 7) is 3.09. The van der Waals surface area contributed by atoms with Crippen molar-refractivity contribution in [1.29, 1.82) is 0 Å². The van der Waals surface area contributed by atoms with E-state index in [1.165, 1.54) is 24.6 Å². The first-order valence-electron chi connectivity index (χ1n) is 4.07. The second-order valence-corrected chi connectivity index (χ2v) is 3.78. The fourth-order valence-electron chi connectivity index (χ4n) is 1.31. The summed E-state index contributed by atoms with van der Waals surface area (Å²) in [7, 11) is 0. The summed E-state index contributed by atoms with van der Waals surface area (Å²) in [6, 6.07) is 0.663. The first kappa shape index (κ1) is 8.26. The van der Waals surface area contributed by atoms with Gasteiger partial charge in [-0.1, -0.05) is 11.6 Å². The minimum Gasteiger partial charge on any atom is -0.350 e. The molecule has 0 amide bonds. The molecule has 0 aliphatic heterocycles. The molecule has 0 unspecified atom stereocenters. The Hall–Kier alpha value is -0.350. The summed E-state index contributed by atoms with van der Waals surface area (Å²) in [5.74, 6) is 0.867. The van der Waals surface area contributed by atoms with Crippen LogP contribution in [0.4, 0.5) is 5.82 Å². The fourth-order valence-corrected chi connectivity index (χ4v) is 2.07. The molecule has 0 saturated heterocycles. The van der Waals surface area contributed by atoms with E-state index in [-0.39, 0.29) is 0 Å². The van der Waals surface area contributed by atoms with Crippen LogP contribution in [0.15, 0.2) is 0 Å². The van der Waals surface area contributed by atoms with E-state index >= 15 is 0 Å². The Morgan fingerprint density at radius 2 is 2.33 bits per heavy atom. The van der Waals surface area contributed by atoms with Crippen LogP contribution in [-0.2, 0) is 0 Å². The van der Waals surface area contributed by atoms with Crippen LogP contribution in [0, 0.1) is 0 Å². The van der Waals surface area contributed by atoms with Crippen LogP contribution in [0.25, 0.3) is 0 Å². The molecule has 0 spiro atoms. The lowest BCUT2D eigenvalue weighted by Crippen LogP contribution is -2.25. The second-order valence-electron chi connectivity index (χ2n) is 2.90. The normalized spacial score (nSPS) is 16.5. The molecule has 12 heavy (non-hydrogen) atoms. The highest BCUT2D eigenvalue weighted by Crippen LogP contribution is 2.33. The Kier molecular flexibility index (Phi) is 2.19. The van der Waals surface area contributed by atoms with E-state index in [4.69, 9.17) is 11.6 Å². The van der Waals surface area contributed by atoms with Crippen molar-refractivity contribution >= 4 is 29.1 Å². The second kappa shape index (κ2) is 3.18. The first-order chi connectivity index (χ1) is 5.83. The van der Waals surface area contributed by atoms with Gasteiger partial charge in [0.25, 0.3) is 0 Å². The molecule has 2 rings (SSSR count). The van der Waals surface area contributed by atoms with Crippen LogP contribution >= 0.6 is 23.3 Å². The predicted molar refractivity (Wildman–Crippen MR) is 51.0 cm³/mol. The highest BCUT2D eigenvalue weighted by atomic mass is 35.5. The van der Waals surface area contributed by atoms with E-state index in [1.807, 2.05) is 0 Å². The molecule has 0 atom stereocenters. The van der Waals surface area contributed by atoms with Crippen LogP contribution in [0.2, 0.25) is 5.15 Å². The molecule has 3 nitrogen and oxygen atoms in total. The van der Waals surface area contributed by atoms with Crippen molar-refractivity contribution in [1.82, 2.24) is 8.75 Å². The van der Waals surface area contributed by atoms with E-state index < -0.39 is 0 Å². The number of halogens is 1. The summed E-state index contributed by atoms with van der Waals surface area (Å²) in [5, 5.41) is 0.550. The van der Waals surface area contributed by atoms with E-state index in [0.29, 0.717) is 11.2 Å². The summed E-state index contributed by atoms with van der Waals surface area (Å²) >= 11 is 7.06. The molecule has 1 fully saturated rings. The maximum absolute atomic E-state index is 5.88. The van der Waals surface area contributed by atoms with Gasteiger partial charge in [-0.05, 0) is 19.8 Å². The zero-order valence-electron chi connectivity index (χ0n) is 6.83. The molecule has 1 aromatic heterocycles. The Bertz CT molecular complexity index is 271. The molecule has 5 heteroatoms.